The average molecular weight is 541 g/mol. The Morgan fingerprint density at radius 3 is 2.66 bits per heavy atom. The van der Waals surface area contributed by atoms with Crippen molar-refractivity contribution in [3.05, 3.63) is 72.8 Å². The number of amides is 2. The van der Waals surface area contributed by atoms with Gasteiger partial charge >= 0.3 is 0 Å². The van der Waals surface area contributed by atoms with Crippen LogP contribution >= 0.6 is 0 Å². The third-order valence-electron chi connectivity index (χ3n) is 6.44. The molecule has 2 aromatic heterocycles. The van der Waals surface area contributed by atoms with E-state index in [-0.39, 0.29) is 29.7 Å². The fraction of sp³-hybridized carbons (Fsp3) is 0.370. The van der Waals surface area contributed by atoms with Gasteiger partial charge in [-0.1, -0.05) is 56.3 Å². The monoisotopic (exact) mass is 540 g/mol. The van der Waals surface area contributed by atoms with Crippen molar-refractivity contribution in [3.63, 3.8) is 0 Å². The van der Waals surface area contributed by atoms with E-state index < -0.39 is 45.2 Å². The Morgan fingerprint density at radius 1 is 1.21 bits per heavy atom. The van der Waals surface area contributed by atoms with E-state index in [1.54, 1.807) is 30.3 Å². The fourth-order valence-electron chi connectivity index (χ4n) is 4.59. The lowest BCUT2D eigenvalue weighted by Gasteiger charge is -2.38. The summed E-state index contributed by atoms with van der Waals surface area (Å²) in [5.41, 5.74) is 6.09. The van der Waals surface area contributed by atoms with E-state index in [1.807, 2.05) is 19.9 Å². The number of nitrogens with one attached hydrogen (secondary N) is 1. The molecule has 4 N–H and O–H groups in total. The number of hydrogen-bond acceptors (Lipinski definition) is 8. The van der Waals surface area contributed by atoms with Crippen LogP contribution in [0.1, 0.15) is 37.2 Å². The maximum absolute atomic E-state index is 14.0. The summed E-state index contributed by atoms with van der Waals surface area (Å²) in [6.07, 6.45) is 4.92. The SMILES string of the molecule is CC(C)C[C@H](NC(=O)c1occ2ccccc12)C(=O)N1CCC=CC(N)C(O)C1S(=O)(=O)c1ccccn1. The Kier molecular flexibility index (Phi) is 8.29. The highest BCUT2D eigenvalue weighted by Crippen LogP contribution is 2.26. The lowest BCUT2D eigenvalue weighted by molar-refractivity contribution is -0.136. The van der Waals surface area contributed by atoms with E-state index in [0.717, 1.165) is 10.3 Å². The predicted molar refractivity (Wildman–Crippen MR) is 142 cm³/mol. The van der Waals surface area contributed by atoms with Gasteiger partial charge in [0.15, 0.2) is 16.2 Å². The number of nitrogens with two attached hydrogens (primary N) is 1. The first-order chi connectivity index (χ1) is 18.1. The molecule has 0 fully saturated rings. The van der Waals surface area contributed by atoms with Gasteiger partial charge in [-0.3, -0.25) is 9.59 Å². The van der Waals surface area contributed by atoms with E-state index in [0.29, 0.717) is 11.8 Å². The minimum atomic E-state index is -4.34. The van der Waals surface area contributed by atoms with Crippen molar-refractivity contribution in [2.75, 3.05) is 6.54 Å². The Labute approximate surface area is 221 Å². The molecule has 10 nitrogen and oxygen atoms in total. The van der Waals surface area contributed by atoms with Gasteiger partial charge in [0, 0.05) is 23.5 Å². The minimum absolute atomic E-state index is 0.00993. The van der Waals surface area contributed by atoms with Crippen molar-refractivity contribution in [3.8, 4) is 0 Å². The summed E-state index contributed by atoms with van der Waals surface area (Å²) in [5, 5.41) is 13.2. The highest BCUT2D eigenvalue weighted by molar-refractivity contribution is 7.92. The number of sulfone groups is 1. The van der Waals surface area contributed by atoms with E-state index in [9.17, 15) is 23.1 Å². The Balaban J connectivity index is 1.72. The van der Waals surface area contributed by atoms with Crippen LogP contribution in [0, 0.1) is 5.92 Å². The standard InChI is InChI=1S/C27H32N4O6S/c1-17(2)15-21(30-25(33)24-19-10-4-3-9-18(19)16-37-24)26(34)31-14-8-6-11-20(28)23(32)27(31)38(35,36)22-12-5-7-13-29-22/h3-7,9-13,16-17,20-21,23,27,32H,8,14-15,28H2,1-2H3,(H,30,33)/t20?,21-,23?,27?/m0/s1. The highest BCUT2D eigenvalue weighted by atomic mass is 32.2. The lowest BCUT2D eigenvalue weighted by atomic mass is 10.0. The minimum Gasteiger partial charge on any atom is -0.458 e. The molecule has 4 atom stereocenters. The summed E-state index contributed by atoms with van der Waals surface area (Å²) in [6.45, 7) is 3.76. The Hall–Kier alpha value is -3.54. The topological polar surface area (TPSA) is 156 Å². The van der Waals surface area contributed by atoms with Crippen molar-refractivity contribution in [2.45, 2.75) is 55.3 Å². The molecule has 0 bridgehead atoms. The first-order valence-corrected chi connectivity index (χ1v) is 14.0. The number of benzene rings is 1. The summed E-state index contributed by atoms with van der Waals surface area (Å²) >= 11 is 0. The molecule has 11 heteroatoms. The summed E-state index contributed by atoms with van der Waals surface area (Å²) in [5.74, 6) is -1.21. The van der Waals surface area contributed by atoms with Gasteiger partial charge in [0.1, 0.15) is 12.1 Å². The van der Waals surface area contributed by atoms with Gasteiger partial charge in [-0.25, -0.2) is 13.4 Å². The molecule has 1 aromatic carbocycles. The first kappa shape index (κ1) is 27.5. The fourth-order valence-corrected chi connectivity index (χ4v) is 6.41. The number of furan rings is 1. The third kappa shape index (κ3) is 5.64. The normalized spacial score (nSPS) is 21.2. The highest BCUT2D eigenvalue weighted by Gasteiger charge is 2.45. The molecule has 0 saturated heterocycles. The second-order valence-electron chi connectivity index (χ2n) is 9.73. The van der Waals surface area contributed by atoms with Crippen LogP contribution < -0.4 is 11.1 Å². The molecule has 202 valence electrons. The third-order valence-corrected chi connectivity index (χ3v) is 8.44. The molecule has 0 saturated carbocycles. The van der Waals surface area contributed by atoms with Gasteiger partial charge in [0.2, 0.25) is 15.7 Å². The number of nitrogens with zero attached hydrogens (tertiary/aromatic N) is 2. The van der Waals surface area contributed by atoms with E-state index in [2.05, 4.69) is 10.3 Å². The zero-order chi connectivity index (χ0) is 27.4. The molecule has 0 aliphatic carbocycles. The van der Waals surface area contributed by atoms with Gasteiger partial charge in [-0.05, 0) is 30.9 Å². The molecular formula is C27H32N4O6S. The Morgan fingerprint density at radius 2 is 1.95 bits per heavy atom. The summed E-state index contributed by atoms with van der Waals surface area (Å²) < 4.78 is 33.0. The number of pyridine rings is 1. The van der Waals surface area contributed by atoms with Gasteiger partial charge in [-0.2, -0.15) is 0 Å². The molecule has 2 amide bonds. The maximum atomic E-state index is 14.0. The van der Waals surface area contributed by atoms with Crippen molar-refractivity contribution in [1.29, 1.82) is 0 Å². The number of aromatic nitrogens is 1. The van der Waals surface area contributed by atoms with Gasteiger partial charge in [0.05, 0.1) is 12.3 Å². The number of carbonyl (C=O) groups is 2. The molecular weight excluding hydrogens is 508 g/mol. The van der Waals surface area contributed by atoms with Crippen LogP contribution in [0.25, 0.3) is 10.8 Å². The summed E-state index contributed by atoms with van der Waals surface area (Å²) in [6, 6.07) is 9.40. The van der Waals surface area contributed by atoms with Crippen LogP contribution in [-0.2, 0) is 14.6 Å². The molecule has 1 aliphatic rings. The number of fused-ring (bicyclic) bond motifs is 1. The summed E-state index contributed by atoms with van der Waals surface area (Å²) in [7, 11) is -4.34. The smallest absolute Gasteiger partial charge is 0.288 e. The van der Waals surface area contributed by atoms with Crippen LogP contribution in [0.4, 0.5) is 0 Å². The Bertz CT molecular complexity index is 1420. The maximum Gasteiger partial charge on any atom is 0.288 e. The molecule has 3 unspecified atom stereocenters. The molecule has 1 aliphatic heterocycles. The van der Waals surface area contributed by atoms with Crippen LogP contribution in [0.3, 0.4) is 0 Å². The van der Waals surface area contributed by atoms with Crippen LogP contribution in [0.2, 0.25) is 0 Å². The van der Waals surface area contributed by atoms with Gasteiger partial charge in [0.25, 0.3) is 5.91 Å². The number of aliphatic hydroxyl groups excluding tert-OH is 1. The second-order valence-corrected chi connectivity index (χ2v) is 11.7. The predicted octanol–water partition coefficient (Wildman–Crippen LogP) is 2.25. The van der Waals surface area contributed by atoms with Crippen LogP contribution in [-0.4, -0.2) is 65.3 Å². The first-order valence-electron chi connectivity index (χ1n) is 12.4. The van der Waals surface area contributed by atoms with Gasteiger partial charge in [-0.15, -0.1) is 0 Å². The molecule has 3 heterocycles. The lowest BCUT2D eigenvalue weighted by Crippen LogP contribution is -2.61. The van der Waals surface area contributed by atoms with Crippen molar-refractivity contribution in [2.24, 2.45) is 11.7 Å². The van der Waals surface area contributed by atoms with Crippen LogP contribution in [0.5, 0.6) is 0 Å². The van der Waals surface area contributed by atoms with Crippen molar-refractivity contribution < 1.29 is 27.5 Å². The number of aliphatic hydroxyl groups is 1. The second kappa shape index (κ2) is 11.5. The number of carbonyl (C=O) groups excluding carboxylic acids is 2. The molecule has 4 rings (SSSR count). The van der Waals surface area contributed by atoms with E-state index >= 15 is 0 Å². The number of rotatable bonds is 7. The zero-order valence-corrected chi connectivity index (χ0v) is 22.0. The van der Waals surface area contributed by atoms with Crippen molar-refractivity contribution in [1.82, 2.24) is 15.2 Å². The van der Waals surface area contributed by atoms with Gasteiger partial charge < -0.3 is 25.5 Å². The molecule has 0 radical (unpaired) electrons. The van der Waals surface area contributed by atoms with Crippen molar-refractivity contribution >= 4 is 32.4 Å². The van der Waals surface area contributed by atoms with E-state index in [4.69, 9.17) is 10.2 Å². The quantitative estimate of drug-likeness (QED) is 0.385. The number of hydrogen-bond donors (Lipinski definition) is 3. The molecule has 38 heavy (non-hydrogen) atoms. The zero-order valence-electron chi connectivity index (χ0n) is 21.2. The largest absolute Gasteiger partial charge is 0.458 e. The summed E-state index contributed by atoms with van der Waals surface area (Å²) in [4.78, 5) is 32.3. The average Bonchev–Trinajstić information content (AvgIpc) is 3.33. The molecule has 0 spiro atoms. The van der Waals surface area contributed by atoms with Crippen LogP contribution in [0.15, 0.2) is 76.5 Å². The molecule has 3 aromatic rings. The van der Waals surface area contributed by atoms with E-state index in [1.165, 1.54) is 30.7 Å².